The zero-order valence-corrected chi connectivity index (χ0v) is 18.0. The Labute approximate surface area is 183 Å². The summed E-state index contributed by atoms with van der Waals surface area (Å²) < 4.78 is 16.9. The molecule has 0 unspecified atom stereocenters. The predicted molar refractivity (Wildman–Crippen MR) is 119 cm³/mol. The fourth-order valence-corrected chi connectivity index (χ4v) is 3.68. The molecule has 6 heteroatoms. The van der Waals surface area contributed by atoms with Gasteiger partial charge < -0.3 is 19.5 Å². The number of nitriles is 1. The smallest absolute Gasteiger partial charge is 0.262 e. The van der Waals surface area contributed by atoms with Gasteiger partial charge in [-0.15, -0.1) is 0 Å². The largest absolute Gasteiger partial charge is 0.493 e. The highest BCUT2D eigenvalue weighted by Crippen LogP contribution is 2.39. The van der Waals surface area contributed by atoms with Crippen molar-refractivity contribution in [3.05, 3.63) is 59.2 Å². The van der Waals surface area contributed by atoms with Crippen LogP contribution < -0.4 is 19.5 Å². The van der Waals surface area contributed by atoms with E-state index in [-0.39, 0.29) is 17.5 Å². The number of carbonyl (C=O) groups is 1. The van der Waals surface area contributed by atoms with Crippen LogP contribution in [-0.2, 0) is 11.4 Å². The number of nitrogens with one attached hydrogen (secondary N) is 1. The molecule has 6 nitrogen and oxygen atoms in total. The average molecular weight is 421 g/mol. The Bertz CT molecular complexity index is 932. The van der Waals surface area contributed by atoms with E-state index in [1.165, 1.54) is 6.42 Å². The van der Waals surface area contributed by atoms with Crippen molar-refractivity contribution in [3.8, 4) is 23.3 Å². The first kappa shape index (κ1) is 22.2. The molecule has 162 valence electrons. The maximum Gasteiger partial charge on any atom is 0.262 e. The van der Waals surface area contributed by atoms with Crippen LogP contribution in [0.15, 0.2) is 48.0 Å². The summed E-state index contributed by atoms with van der Waals surface area (Å²) in [5.74, 6) is 1.05. The zero-order valence-electron chi connectivity index (χ0n) is 18.0. The molecule has 0 aromatic heterocycles. The van der Waals surface area contributed by atoms with Gasteiger partial charge in [0.1, 0.15) is 18.2 Å². The summed E-state index contributed by atoms with van der Waals surface area (Å²) in [5, 5.41) is 12.5. The Morgan fingerprint density at radius 2 is 1.74 bits per heavy atom. The molecule has 31 heavy (non-hydrogen) atoms. The predicted octanol–water partition coefficient (Wildman–Crippen LogP) is 4.64. The van der Waals surface area contributed by atoms with Crippen LogP contribution in [0.1, 0.15) is 43.2 Å². The molecular formula is C25H28N2O4. The van der Waals surface area contributed by atoms with Crippen molar-refractivity contribution in [2.24, 2.45) is 0 Å². The van der Waals surface area contributed by atoms with Crippen molar-refractivity contribution in [1.29, 1.82) is 5.26 Å². The first-order chi connectivity index (χ1) is 15.1. The van der Waals surface area contributed by atoms with Gasteiger partial charge in [-0.3, -0.25) is 4.79 Å². The molecule has 1 aliphatic rings. The number of hydrogen-bond donors (Lipinski definition) is 1. The Morgan fingerprint density at radius 1 is 1.10 bits per heavy atom. The SMILES string of the molecule is COc1cc(/C=C(\C#N)C(=O)NC2CCCCC2)cc(OC)c1OCc1ccccc1. The molecule has 0 spiro atoms. The van der Waals surface area contributed by atoms with E-state index in [0.717, 1.165) is 31.2 Å². The minimum absolute atomic E-state index is 0.0487. The molecule has 1 N–H and O–H groups in total. The molecular weight excluding hydrogens is 392 g/mol. The summed E-state index contributed by atoms with van der Waals surface area (Å²) in [5.41, 5.74) is 1.69. The third kappa shape index (κ3) is 6.02. The van der Waals surface area contributed by atoms with Crippen LogP contribution in [-0.4, -0.2) is 26.2 Å². The van der Waals surface area contributed by atoms with Gasteiger partial charge in [0, 0.05) is 6.04 Å². The van der Waals surface area contributed by atoms with Crippen LogP contribution in [0.25, 0.3) is 6.08 Å². The van der Waals surface area contributed by atoms with Crippen molar-refractivity contribution in [1.82, 2.24) is 5.32 Å². The lowest BCUT2D eigenvalue weighted by atomic mass is 9.95. The fourth-order valence-electron chi connectivity index (χ4n) is 3.68. The number of hydrogen-bond acceptors (Lipinski definition) is 5. The van der Waals surface area contributed by atoms with E-state index in [0.29, 0.717) is 29.4 Å². The number of methoxy groups -OCH3 is 2. The van der Waals surface area contributed by atoms with Gasteiger partial charge in [-0.2, -0.15) is 5.26 Å². The molecule has 0 radical (unpaired) electrons. The maximum atomic E-state index is 12.6. The van der Waals surface area contributed by atoms with E-state index >= 15 is 0 Å². The van der Waals surface area contributed by atoms with Crippen molar-refractivity contribution in [2.45, 2.75) is 44.8 Å². The van der Waals surface area contributed by atoms with Gasteiger partial charge in [0.15, 0.2) is 11.5 Å². The topological polar surface area (TPSA) is 80.6 Å². The summed E-state index contributed by atoms with van der Waals surface area (Å²) >= 11 is 0. The summed E-state index contributed by atoms with van der Waals surface area (Å²) in [6.07, 6.45) is 6.87. The lowest BCUT2D eigenvalue weighted by molar-refractivity contribution is -0.117. The van der Waals surface area contributed by atoms with Gasteiger partial charge in [0.2, 0.25) is 5.75 Å². The molecule has 1 saturated carbocycles. The minimum Gasteiger partial charge on any atom is -0.493 e. The standard InChI is InChI=1S/C25H28N2O4/c1-29-22-14-19(13-20(16-26)25(28)27-21-11-7-4-8-12-21)15-23(30-2)24(22)31-17-18-9-5-3-6-10-18/h3,5-6,9-10,13-15,21H,4,7-8,11-12,17H2,1-2H3,(H,27,28)/b20-13+. The van der Waals surface area contributed by atoms with Gasteiger partial charge in [-0.25, -0.2) is 0 Å². The molecule has 0 aliphatic heterocycles. The average Bonchev–Trinajstić information content (AvgIpc) is 2.82. The molecule has 3 rings (SSSR count). The van der Waals surface area contributed by atoms with E-state index in [4.69, 9.17) is 14.2 Å². The van der Waals surface area contributed by atoms with Crippen LogP contribution >= 0.6 is 0 Å². The second-order valence-corrected chi connectivity index (χ2v) is 7.51. The second kappa shape index (κ2) is 11.1. The van der Waals surface area contributed by atoms with E-state index in [1.807, 2.05) is 36.4 Å². The Kier molecular flexibility index (Phi) is 7.94. The summed E-state index contributed by atoms with van der Waals surface area (Å²) in [4.78, 5) is 12.6. The highest BCUT2D eigenvalue weighted by Gasteiger charge is 2.19. The van der Waals surface area contributed by atoms with Crippen LogP contribution in [0, 0.1) is 11.3 Å². The summed E-state index contributed by atoms with van der Waals surface area (Å²) in [7, 11) is 3.08. The quantitative estimate of drug-likeness (QED) is 0.497. The third-order valence-electron chi connectivity index (χ3n) is 5.33. The van der Waals surface area contributed by atoms with E-state index in [9.17, 15) is 10.1 Å². The van der Waals surface area contributed by atoms with E-state index < -0.39 is 0 Å². The van der Waals surface area contributed by atoms with Gasteiger partial charge in [-0.05, 0) is 42.2 Å². The third-order valence-corrected chi connectivity index (χ3v) is 5.33. The summed E-state index contributed by atoms with van der Waals surface area (Å²) in [6.45, 7) is 0.357. The first-order valence-electron chi connectivity index (χ1n) is 10.5. The first-order valence-corrected chi connectivity index (χ1v) is 10.5. The van der Waals surface area contributed by atoms with Crippen molar-refractivity contribution in [3.63, 3.8) is 0 Å². The lowest BCUT2D eigenvalue weighted by Gasteiger charge is -2.22. The van der Waals surface area contributed by atoms with Crippen LogP contribution in [0.4, 0.5) is 0 Å². The van der Waals surface area contributed by atoms with Gasteiger partial charge in [0.05, 0.1) is 14.2 Å². The highest BCUT2D eigenvalue weighted by molar-refractivity contribution is 6.02. The Hall–Kier alpha value is -3.46. The van der Waals surface area contributed by atoms with Crippen molar-refractivity contribution < 1.29 is 19.0 Å². The van der Waals surface area contributed by atoms with Gasteiger partial charge in [0.25, 0.3) is 5.91 Å². The second-order valence-electron chi connectivity index (χ2n) is 7.51. The number of carbonyl (C=O) groups excluding carboxylic acids is 1. The summed E-state index contributed by atoms with van der Waals surface area (Å²) in [6, 6.07) is 15.4. The normalized spacial score (nSPS) is 14.4. The highest BCUT2D eigenvalue weighted by atomic mass is 16.5. The number of benzene rings is 2. The molecule has 0 saturated heterocycles. The molecule has 0 atom stereocenters. The molecule has 2 aromatic carbocycles. The fraction of sp³-hybridized carbons (Fsp3) is 0.360. The van der Waals surface area contributed by atoms with Crippen molar-refractivity contribution in [2.75, 3.05) is 14.2 Å². The van der Waals surface area contributed by atoms with Gasteiger partial charge in [-0.1, -0.05) is 49.6 Å². The minimum atomic E-state index is -0.350. The molecule has 1 fully saturated rings. The van der Waals surface area contributed by atoms with Gasteiger partial charge >= 0.3 is 0 Å². The molecule has 1 amide bonds. The van der Waals surface area contributed by atoms with Crippen LogP contribution in [0.2, 0.25) is 0 Å². The monoisotopic (exact) mass is 420 g/mol. The molecule has 0 bridgehead atoms. The van der Waals surface area contributed by atoms with Crippen LogP contribution in [0.5, 0.6) is 17.2 Å². The Morgan fingerprint density at radius 3 is 2.32 bits per heavy atom. The maximum absolute atomic E-state index is 12.6. The molecule has 2 aromatic rings. The number of amides is 1. The molecule has 0 heterocycles. The van der Waals surface area contributed by atoms with Crippen molar-refractivity contribution >= 4 is 12.0 Å². The van der Waals surface area contributed by atoms with E-state index in [1.54, 1.807) is 32.4 Å². The number of rotatable bonds is 8. The zero-order chi connectivity index (χ0) is 22.1. The number of nitrogens with zero attached hydrogens (tertiary/aromatic N) is 1. The van der Waals surface area contributed by atoms with E-state index in [2.05, 4.69) is 5.32 Å². The van der Waals surface area contributed by atoms with Crippen LogP contribution in [0.3, 0.4) is 0 Å². The Balaban J connectivity index is 1.81. The molecule has 1 aliphatic carbocycles. The lowest BCUT2D eigenvalue weighted by Crippen LogP contribution is -2.36. The number of ether oxygens (including phenoxy) is 3.